The van der Waals surface area contributed by atoms with Gasteiger partial charge in [-0.05, 0) is 25.3 Å². The predicted octanol–water partition coefficient (Wildman–Crippen LogP) is 0.739. The highest BCUT2D eigenvalue weighted by atomic mass is 19.4. The number of halogens is 3. The van der Waals surface area contributed by atoms with Gasteiger partial charge in [-0.25, -0.2) is 14.3 Å². The van der Waals surface area contributed by atoms with Crippen molar-refractivity contribution in [2.24, 2.45) is 18.5 Å². The number of carboxylic acids is 1. The van der Waals surface area contributed by atoms with Crippen LogP contribution in [0.2, 0.25) is 0 Å². The molecule has 16 heteroatoms. The number of carbonyl (C=O) groups excluding carboxylic acids is 2. The Balaban J connectivity index is 0.000000429. The molecule has 3 heterocycles. The van der Waals surface area contributed by atoms with Crippen molar-refractivity contribution in [3.8, 4) is 0 Å². The van der Waals surface area contributed by atoms with Crippen molar-refractivity contribution in [3.63, 3.8) is 0 Å². The van der Waals surface area contributed by atoms with E-state index in [-0.39, 0.29) is 29.0 Å². The van der Waals surface area contributed by atoms with Gasteiger partial charge in [0.05, 0.1) is 11.9 Å². The zero-order valence-corrected chi connectivity index (χ0v) is 18.3. The Morgan fingerprint density at radius 3 is 2.51 bits per heavy atom. The summed E-state index contributed by atoms with van der Waals surface area (Å²) in [5, 5.41) is 21.2. The monoisotopic (exact) mass is 497 g/mol. The van der Waals surface area contributed by atoms with Crippen LogP contribution in [-0.4, -0.2) is 65.5 Å². The van der Waals surface area contributed by atoms with Crippen LogP contribution >= 0.6 is 0 Å². The molecule has 3 aromatic heterocycles. The SMILES string of the molecule is Cn1cc(NC(=O)c2cnn3ccc(NC4CCCC4N)nc23)c(C(N)=O)n1.O=C(O)C(F)(F)F. The molecule has 1 saturated carbocycles. The average molecular weight is 497 g/mol. The Morgan fingerprint density at radius 1 is 1.26 bits per heavy atom. The van der Waals surface area contributed by atoms with E-state index >= 15 is 0 Å². The molecule has 2 atom stereocenters. The van der Waals surface area contributed by atoms with E-state index in [0.717, 1.165) is 19.3 Å². The Morgan fingerprint density at radius 2 is 1.94 bits per heavy atom. The van der Waals surface area contributed by atoms with Gasteiger partial charge >= 0.3 is 12.1 Å². The molecular formula is C19H22F3N9O4. The van der Waals surface area contributed by atoms with E-state index in [2.05, 4.69) is 25.8 Å². The fourth-order valence-electron chi connectivity index (χ4n) is 3.42. The lowest BCUT2D eigenvalue weighted by molar-refractivity contribution is -0.192. The van der Waals surface area contributed by atoms with Crippen molar-refractivity contribution in [1.82, 2.24) is 24.4 Å². The molecule has 4 rings (SSSR count). The number of aromatic nitrogens is 5. The molecule has 7 N–H and O–H groups in total. The number of carbonyl (C=O) groups is 3. The molecule has 3 aromatic rings. The lowest BCUT2D eigenvalue weighted by atomic mass is 10.2. The average Bonchev–Trinajstić information content (AvgIpc) is 3.46. The van der Waals surface area contributed by atoms with E-state index < -0.39 is 24.0 Å². The number of aliphatic carboxylic acids is 1. The van der Waals surface area contributed by atoms with E-state index in [1.165, 1.54) is 21.6 Å². The largest absolute Gasteiger partial charge is 0.490 e. The summed E-state index contributed by atoms with van der Waals surface area (Å²) in [5.74, 6) is -3.32. The van der Waals surface area contributed by atoms with Crippen LogP contribution < -0.4 is 22.1 Å². The van der Waals surface area contributed by atoms with Gasteiger partial charge in [0.15, 0.2) is 11.3 Å². The maximum Gasteiger partial charge on any atom is 0.490 e. The highest BCUT2D eigenvalue weighted by molar-refractivity contribution is 6.10. The van der Waals surface area contributed by atoms with E-state index in [9.17, 15) is 22.8 Å². The first kappa shape index (κ1) is 25.4. The predicted molar refractivity (Wildman–Crippen MR) is 116 cm³/mol. The summed E-state index contributed by atoms with van der Waals surface area (Å²) in [6.07, 6.45) is 2.61. The molecule has 2 unspecified atom stereocenters. The molecule has 0 radical (unpaired) electrons. The number of nitrogens with zero attached hydrogens (tertiary/aromatic N) is 5. The lowest BCUT2D eigenvalue weighted by Gasteiger charge is -2.17. The first-order valence-electron chi connectivity index (χ1n) is 10.2. The molecule has 1 aliphatic carbocycles. The fourth-order valence-corrected chi connectivity index (χ4v) is 3.42. The number of nitrogens with one attached hydrogen (secondary N) is 2. The van der Waals surface area contributed by atoms with E-state index in [0.29, 0.717) is 11.5 Å². The summed E-state index contributed by atoms with van der Waals surface area (Å²) in [4.78, 5) is 37.7. The molecule has 1 fully saturated rings. The second-order valence-electron chi connectivity index (χ2n) is 7.67. The van der Waals surface area contributed by atoms with Crippen molar-refractivity contribution in [2.75, 3.05) is 10.6 Å². The van der Waals surface area contributed by atoms with Crippen LogP contribution in [0, 0.1) is 0 Å². The normalized spacial score (nSPS) is 17.5. The van der Waals surface area contributed by atoms with Gasteiger partial charge < -0.3 is 27.2 Å². The Labute approximate surface area is 195 Å². The maximum atomic E-state index is 12.7. The molecule has 0 saturated heterocycles. The zero-order chi connectivity index (χ0) is 25.9. The summed E-state index contributed by atoms with van der Waals surface area (Å²) in [7, 11) is 1.63. The maximum absolute atomic E-state index is 12.7. The van der Waals surface area contributed by atoms with Crippen LogP contribution in [0.15, 0.2) is 24.7 Å². The smallest absolute Gasteiger partial charge is 0.475 e. The molecule has 2 amide bonds. The van der Waals surface area contributed by atoms with Gasteiger partial charge in [-0.2, -0.15) is 23.4 Å². The second kappa shape index (κ2) is 9.96. The first-order chi connectivity index (χ1) is 16.4. The van der Waals surface area contributed by atoms with Crippen LogP contribution in [-0.2, 0) is 11.8 Å². The summed E-state index contributed by atoms with van der Waals surface area (Å²) in [6, 6.07) is 2.03. The summed E-state index contributed by atoms with van der Waals surface area (Å²) in [6.45, 7) is 0. The van der Waals surface area contributed by atoms with Crippen LogP contribution in [0.5, 0.6) is 0 Å². The minimum Gasteiger partial charge on any atom is -0.475 e. The van der Waals surface area contributed by atoms with Crippen LogP contribution in [0.1, 0.15) is 40.1 Å². The Bertz CT molecular complexity index is 1250. The summed E-state index contributed by atoms with van der Waals surface area (Å²) in [5.41, 5.74) is 12.3. The minimum absolute atomic E-state index is 0.0159. The van der Waals surface area contributed by atoms with Gasteiger partial charge in [-0.3, -0.25) is 14.3 Å². The van der Waals surface area contributed by atoms with Gasteiger partial charge in [0.25, 0.3) is 11.8 Å². The number of carboxylic acid groups (broad SMARTS) is 1. The minimum atomic E-state index is -5.08. The molecule has 1 aliphatic rings. The Kier molecular flexibility index (Phi) is 7.23. The van der Waals surface area contributed by atoms with Crippen molar-refractivity contribution in [1.29, 1.82) is 0 Å². The number of fused-ring (bicyclic) bond motifs is 1. The summed E-state index contributed by atoms with van der Waals surface area (Å²) < 4.78 is 34.6. The molecule has 188 valence electrons. The first-order valence-corrected chi connectivity index (χ1v) is 10.2. The number of hydrogen-bond donors (Lipinski definition) is 5. The van der Waals surface area contributed by atoms with Crippen molar-refractivity contribution in [3.05, 3.63) is 35.9 Å². The van der Waals surface area contributed by atoms with E-state index in [1.807, 2.05) is 0 Å². The number of amides is 2. The quantitative estimate of drug-likeness (QED) is 0.338. The fraction of sp³-hybridized carbons (Fsp3) is 0.368. The number of primary amides is 1. The van der Waals surface area contributed by atoms with E-state index in [1.54, 1.807) is 19.3 Å². The topological polar surface area (TPSA) is 196 Å². The third kappa shape index (κ3) is 6.03. The third-order valence-corrected chi connectivity index (χ3v) is 5.07. The molecule has 0 bridgehead atoms. The van der Waals surface area contributed by atoms with Crippen LogP contribution in [0.25, 0.3) is 5.65 Å². The number of hydrogen-bond acceptors (Lipinski definition) is 8. The van der Waals surface area contributed by atoms with Crippen molar-refractivity contribution >= 4 is 34.9 Å². The van der Waals surface area contributed by atoms with Crippen molar-refractivity contribution < 1.29 is 32.7 Å². The lowest BCUT2D eigenvalue weighted by Crippen LogP contribution is -2.35. The Hall–Kier alpha value is -4.21. The highest BCUT2D eigenvalue weighted by Gasteiger charge is 2.38. The van der Waals surface area contributed by atoms with E-state index in [4.69, 9.17) is 21.4 Å². The zero-order valence-electron chi connectivity index (χ0n) is 18.3. The third-order valence-electron chi connectivity index (χ3n) is 5.07. The number of aryl methyl sites for hydroxylation is 1. The molecule has 0 aromatic carbocycles. The molecule has 0 aliphatic heterocycles. The summed E-state index contributed by atoms with van der Waals surface area (Å²) >= 11 is 0. The molecule has 13 nitrogen and oxygen atoms in total. The van der Waals surface area contributed by atoms with Crippen molar-refractivity contribution in [2.45, 2.75) is 37.5 Å². The standard InChI is InChI=1S/C17H21N9O2.C2HF3O2/c1-25-8-12(14(24-25)15(19)27)22-17(28)9-7-20-26-6-5-13(23-16(9)26)21-11-4-2-3-10(11)18;3-2(4,5)1(6)7/h5-8,10-11H,2-4,18H2,1H3,(H2,19,27)(H,21,23)(H,22,28);(H,6,7). The number of alkyl halides is 3. The van der Waals surface area contributed by atoms with Gasteiger partial charge in [0.2, 0.25) is 0 Å². The van der Waals surface area contributed by atoms with Gasteiger partial charge in [0, 0.05) is 31.5 Å². The number of anilines is 2. The second-order valence-corrected chi connectivity index (χ2v) is 7.67. The molecule has 35 heavy (non-hydrogen) atoms. The number of nitrogens with two attached hydrogens (primary N) is 2. The highest BCUT2D eigenvalue weighted by Crippen LogP contribution is 2.22. The molecule has 0 spiro atoms. The van der Waals surface area contributed by atoms with Crippen LogP contribution in [0.3, 0.4) is 0 Å². The number of rotatable bonds is 5. The van der Waals surface area contributed by atoms with Gasteiger partial charge in [-0.15, -0.1) is 0 Å². The van der Waals surface area contributed by atoms with Gasteiger partial charge in [0.1, 0.15) is 11.4 Å². The van der Waals surface area contributed by atoms with Gasteiger partial charge in [-0.1, -0.05) is 0 Å². The molecular weight excluding hydrogens is 475 g/mol. The van der Waals surface area contributed by atoms with Crippen LogP contribution in [0.4, 0.5) is 24.7 Å².